The number of nitrogens with two attached hydrogens (primary N) is 1. The predicted octanol–water partition coefficient (Wildman–Crippen LogP) is 1.26. The van der Waals surface area contributed by atoms with Crippen molar-refractivity contribution >= 4 is 23.7 Å². The van der Waals surface area contributed by atoms with Gasteiger partial charge in [-0.1, -0.05) is 55.4 Å². The molecule has 3 amide bonds. The lowest BCUT2D eigenvalue weighted by Crippen LogP contribution is -2.59. The average molecular weight is 443 g/mol. The Labute approximate surface area is 186 Å². The molecule has 0 spiro atoms. The van der Waals surface area contributed by atoms with Crippen LogP contribution in [0.25, 0.3) is 0 Å². The van der Waals surface area contributed by atoms with Gasteiger partial charge in [0.1, 0.15) is 18.1 Å². The fourth-order valence-corrected chi connectivity index (χ4v) is 3.14. The fourth-order valence-electron chi connectivity index (χ4n) is 3.14. The highest BCUT2D eigenvalue weighted by Gasteiger charge is 2.33. The number of carboxylic acids is 1. The molecule has 0 rings (SSSR count). The van der Waals surface area contributed by atoms with E-state index in [4.69, 9.17) is 5.73 Å². The van der Waals surface area contributed by atoms with Crippen molar-refractivity contribution in [3.63, 3.8) is 0 Å². The zero-order valence-electron chi connectivity index (χ0n) is 20.2. The van der Waals surface area contributed by atoms with Crippen molar-refractivity contribution in [3.8, 4) is 0 Å². The van der Waals surface area contributed by atoms with Crippen LogP contribution in [-0.4, -0.2) is 53.0 Å². The van der Waals surface area contributed by atoms with Gasteiger partial charge in [0.25, 0.3) is 0 Å². The van der Waals surface area contributed by atoms with Crippen molar-refractivity contribution in [2.45, 2.75) is 92.4 Å². The van der Waals surface area contributed by atoms with E-state index < -0.39 is 47.9 Å². The standard InChI is InChI=1S/C22H42N4O5/c1-11(2)9-15(23)19(27)25-18(14(7)8)21(29)26-17(13(5)6)20(28)24-16(22(30)31)10-12(3)4/h11-18H,9-10,23H2,1-8H3,(H,24,28)(H,25,27)(H,26,29)(H,30,31). The molecule has 0 aliphatic heterocycles. The second kappa shape index (κ2) is 13.3. The lowest BCUT2D eigenvalue weighted by Gasteiger charge is -2.29. The van der Waals surface area contributed by atoms with Gasteiger partial charge >= 0.3 is 5.97 Å². The molecular weight excluding hydrogens is 400 g/mol. The predicted molar refractivity (Wildman–Crippen MR) is 120 cm³/mol. The Morgan fingerprint density at radius 1 is 0.677 bits per heavy atom. The third-order valence-corrected chi connectivity index (χ3v) is 4.88. The molecule has 4 atom stereocenters. The quantitative estimate of drug-likeness (QED) is 0.290. The van der Waals surface area contributed by atoms with E-state index in [1.807, 2.05) is 27.7 Å². The normalized spacial score (nSPS) is 15.5. The highest BCUT2D eigenvalue weighted by atomic mass is 16.4. The average Bonchev–Trinajstić information content (AvgIpc) is 2.61. The van der Waals surface area contributed by atoms with E-state index in [9.17, 15) is 24.3 Å². The second-order valence-electron chi connectivity index (χ2n) is 9.73. The van der Waals surface area contributed by atoms with Crippen LogP contribution in [0.5, 0.6) is 0 Å². The summed E-state index contributed by atoms with van der Waals surface area (Å²) in [7, 11) is 0. The molecule has 0 aliphatic rings. The number of hydrogen-bond acceptors (Lipinski definition) is 5. The Morgan fingerprint density at radius 3 is 1.42 bits per heavy atom. The number of carbonyl (C=O) groups excluding carboxylic acids is 3. The first kappa shape index (κ1) is 28.8. The third-order valence-electron chi connectivity index (χ3n) is 4.88. The van der Waals surface area contributed by atoms with Crippen LogP contribution < -0.4 is 21.7 Å². The lowest BCUT2D eigenvalue weighted by molar-refractivity contribution is -0.143. The van der Waals surface area contributed by atoms with Gasteiger partial charge in [-0.2, -0.15) is 0 Å². The molecule has 0 bridgehead atoms. The topological polar surface area (TPSA) is 151 Å². The number of aliphatic carboxylic acids is 1. The molecule has 4 unspecified atom stereocenters. The summed E-state index contributed by atoms with van der Waals surface area (Å²) >= 11 is 0. The third kappa shape index (κ3) is 10.6. The van der Waals surface area contributed by atoms with Crippen molar-refractivity contribution in [2.24, 2.45) is 29.4 Å². The maximum atomic E-state index is 12.9. The Hall–Kier alpha value is -2.16. The molecule has 9 nitrogen and oxygen atoms in total. The van der Waals surface area contributed by atoms with Crippen molar-refractivity contribution in [1.82, 2.24) is 16.0 Å². The molecule has 0 radical (unpaired) electrons. The number of nitrogens with one attached hydrogen (secondary N) is 3. The van der Waals surface area contributed by atoms with E-state index in [1.165, 1.54) is 0 Å². The van der Waals surface area contributed by atoms with E-state index in [1.54, 1.807) is 27.7 Å². The molecule has 0 aromatic rings. The number of amides is 3. The SMILES string of the molecule is CC(C)CC(N)C(=O)NC(C(=O)NC(C(=O)NC(CC(C)C)C(=O)O)C(C)C)C(C)C. The van der Waals surface area contributed by atoms with Crippen molar-refractivity contribution in [2.75, 3.05) is 0 Å². The first-order valence-corrected chi connectivity index (χ1v) is 11.1. The summed E-state index contributed by atoms with van der Waals surface area (Å²) in [5.41, 5.74) is 5.92. The maximum Gasteiger partial charge on any atom is 0.326 e. The minimum Gasteiger partial charge on any atom is -0.480 e. The van der Waals surface area contributed by atoms with Gasteiger partial charge in [0.2, 0.25) is 17.7 Å². The molecule has 0 fully saturated rings. The van der Waals surface area contributed by atoms with E-state index in [2.05, 4.69) is 16.0 Å². The van der Waals surface area contributed by atoms with Crippen molar-refractivity contribution < 1.29 is 24.3 Å². The van der Waals surface area contributed by atoms with Crippen molar-refractivity contribution in [1.29, 1.82) is 0 Å². The molecule has 0 heterocycles. The van der Waals surface area contributed by atoms with Gasteiger partial charge < -0.3 is 26.8 Å². The molecule has 31 heavy (non-hydrogen) atoms. The molecule has 6 N–H and O–H groups in total. The number of rotatable bonds is 13. The molecule has 9 heteroatoms. The van der Waals surface area contributed by atoms with E-state index >= 15 is 0 Å². The summed E-state index contributed by atoms with van der Waals surface area (Å²) in [6.45, 7) is 14.7. The smallest absolute Gasteiger partial charge is 0.326 e. The summed E-state index contributed by atoms with van der Waals surface area (Å²) in [5.74, 6) is -2.84. The minimum atomic E-state index is -1.12. The Kier molecular flexibility index (Phi) is 12.4. The van der Waals surface area contributed by atoms with Crippen LogP contribution in [0.1, 0.15) is 68.2 Å². The van der Waals surface area contributed by atoms with Gasteiger partial charge in [0.05, 0.1) is 6.04 Å². The van der Waals surface area contributed by atoms with Crippen molar-refractivity contribution in [3.05, 3.63) is 0 Å². The van der Waals surface area contributed by atoms with Gasteiger partial charge in [-0.05, 0) is 36.5 Å². The van der Waals surface area contributed by atoms with Gasteiger partial charge in [-0.3, -0.25) is 14.4 Å². The van der Waals surface area contributed by atoms with Crippen LogP contribution in [0.4, 0.5) is 0 Å². The van der Waals surface area contributed by atoms with Crippen LogP contribution >= 0.6 is 0 Å². The molecular formula is C22H42N4O5. The maximum absolute atomic E-state index is 12.9. The Balaban J connectivity index is 5.34. The number of carboxylic acid groups (broad SMARTS) is 1. The summed E-state index contributed by atoms with van der Waals surface area (Å²) < 4.78 is 0. The van der Waals surface area contributed by atoms with Gasteiger partial charge in [-0.15, -0.1) is 0 Å². The summed E-state index contributed by atoms with van der Waals surface area (Å²) in [4.78, 5) is 49.6. The molecule has 0 aromatic heterocycles. The molecule has 0 aromatic carbocycles. The van der Waals surface area contributed by atoms with Crippen LogP contribution in [0.15, 0.2) is 0 Å². The molecule has 180 valence electrons. The zero-order valence-corrected chi connectivity index (χ0v) is 20.2. The molecule has 0 saturated heterocycles. The van der Waals surface area contributed by atoms with Gasteiger partial charge in [0, 0.05) is 0 Å². The largest absolute Gasteiger partial charge is 0.480 e. The van der Waals surface area contributed by atoms with Gasteiger partial charge in [0.15, 0.2) is 0 Å². The molecule has 0 aliphatic carbocycles. The number of carbonyl (C=O) groups is 4. The molecule has 0 saturated carbocycles. The highest BCUT2D eigenvalue weighted by molar-refractivity contribution is 5.94. The lowest BCUT2D eigenvalue weighted by atomic mass is 9.97. The monoisotopic (exact) mass is 442 g/mol. The summed E-state index contributed by atoms with van der Waals surface area (Å²) in [5, 5.41) is 17.3. The van der Waals surface area contributed by atoms with E-state index in [0.717, 1.165) is 0 Å². The van der Waals surface area contributed by atoms with E-state index in [0.29, 0.717) is 6.42 Å². The zero-order chi connectivity index (χ0) is 24.5. The minimum absolute atomic E-state index is 0.0732. The van der Waals surface area contributed by atoms with E-state index in [-0.39, 0.29) is 30.1 Å². The fraction of sp³-hybridized carbons (Fsp3) is 0.818. The van der Waals surface area contributed by atoms with Crippen LogP contribution in [-0.2, 0) is 19.2 Å². The Bertz CT molecular complexity index is 619. The summed E-state index contributed by atoms with van der Waals surface area (Å²) in [6.07, 6.45) is 0.764. The summed E-state index contributed by atoms with van der Waals surface area (Å²) in [6, 6.07) is -3.58. The van der Waals surface area contributed by atoms with Crippen LogP contribution in [0, 0.1) is 23.7 Å². The first-order chi connectivity index (χ1) is 14.2. The number of hydrogen-bond donors (Lipinski definition) is 5. The Morgan fingerprint density at radius 2 is 1.06 bits per heavy atom. The first-order valence-electron chi connectivity index (χ1n) is 11.1. The highest BCUT2D eigenvalue weighted by Crippen LogP contribution is 2.10. The van der Waals surface area contributed by atoms with Crippen LogP contribution in [0.3, 0.4) is 0 Å². The van der Waals surface area contributed by atoms with Gasteiger partial charge in [-0.25, -0.2) is 4.79 Å². The van der Waals surface area contributed by atoms with Crippen LogP contribution in [0.2, 0.25) is 0 Å². The second-order valence-corrected chi connectivity index (χ2v) is 9.73.